The van der Waals surface area contributed by atoms with Crippen LogP contribution in [0.25, 0.3) is 5.69 Å². The topological polar surface area (TPSA) is 101 Å². The van der Waals surface area contributed by atoms with E-state index in [0.29, 0.717) is 30.1 Å². The predicted octanol–water partition coefficient (Wildman–Crippen LogP) is 4.75. The van der Waals surface area contributed by atoms with Crippen LogP contribution in [0.1, 0.15) is 63.1 Å². The Hall–Kier alpha value is -5.11. The molecule has 1 aromatic heterocycles. The minimum absolute atomic E-state index is 0.0109. The number of nitrogens with one attached hydrogen (secondary N) is 2. The Morgan fingerprint density at radius 3 is 2.71 bits per heavy atom. The van der Waals surface area contributed by atoms with Crippen LogP contribution in [-0.4, -0.2) is 33.3 Å². The summed E-state index contributed by atoms with van der Waals surface area (Å²) in [5, 5.41) is 6.17. The zero-order valence-electron chi connectivity index (χ0n) is 23.1. The molecule has 8 rings (SSSR count). The van der Waals surface area contributed by atoms with Gasteiger partial charge in [-0.15, -0.1) is 0 Å². The van der Waals surface area contributed by atoms with Gasteiger partial charge in [-0.05, 0) is 67.5 Å². The third kappa shape index (κ3) is 3.64. The molecular weight excluding hydrogens is 524 g/mol. The van der Waals surface area contributed by atoms with Crippen molar-refractivity contribution in [3.05, 3.63) is 130 Å². The third-order valence-electron chi connectivity index (χ3n) is 8.91. The quantitative estimate of drug-likeness (QED) is 0.384. The number of amides is 2. The van der Waals surface area contributed by atoms with Gasteiger partial charge in [0, 0.05) is 34.8 Å². The van der Waals surface area contributed by atoms with E-state index in [1.165, 1.54) is 0 Å². The molecule has 3 aromatic carbocycles. The zero-order valence-corrected chi connectivity index (χ0v) is 23.1. The van der Waals surface area contributed by atoms with Crippen LogP contribution in [0.2, 0.25) is 0 Å². The molecule has 0 saturated heterocycles. The number of aryl methyl sites for hydroxylation is 1. The number of rotatable bonds is 3. The number of imidazole rings is 1. The fourth-order valence-electron chi connectivity index (χ4n) is 6.91. The molecule has 1 aliphatic carbocycles. The van der Waals surface area contributed by atoms with Crippen molar-refractivity contribution in [2.24, 2.45) is 15.4 Å². The standard InChI is InChI=1S/C34H28N6O2/c1-20-19-36-31-30(37-28(21-8-3-2-4-9-21)25-10-5-6-12-27(25)40(20)31)38-32(41)22-13-14-23-17-34(18-24(23)16-22)26-11-7-15-35-29(26)39-33(34)42/h2-6,8-10,12-16,19,30H,7,11,17-18H2,1H3,(H,38,41)(H,39,42). The molecule has 4 heterocycles. The van der Waals surface area contributed by atoms with Gasteiger partial charge in [-0.1, -0.05) is 54.6 Å². The Morgan fingerprint density at radius 2 is 1.83 bits per heavy atom. The van der Waals surface area contributed by atoms with Crippen molar-refractivity contribution in [2.75, 3.05) is 0 Å². The molecule has 42 heavy (non-hydrogen) atoms. The molecule has 2 N–H and O–H groups in total. The number of hydrogen-bond donors (Lipinski definition) is 2. The van der Waals surface area contributed by atoms with E-state index in [-0.39, 0.29) is 11.8 Å². The number of aromatic nitrogens is 2. The maximum absolute atomic E-state index is 13.8. The molecule has 8 heteroatoms. The van der Waals surface area contributed by atoms with Crippen molar-refractivity contribution < 1.29 is 9.59 Å². The van der Waals surface area contributed by atoms with E-state index >= 15 is 0 Å². The van der Waals surface area contributed by atoms with Gasteiger partial charge in [0.05, 0.1) is 16.8 Å². The van der Waals surface area contributed by atoms with Crippen LogP contribution in [-0.2, 0) is 17.6 Å². The molecule has 3 aliphatic heterocycles. The minimum atomic E-state index is -0.707. The van der Waals surface area contributed by atoms with E-state index in [1.54, 1.807) is 0 Å². The van der Waals surface area contributed by atoms with E-state index in [1.807, 2.05) is 80.0 Å². The van der Waals surface area contributed by atoms with Gasteiger partial charge in [0.2, 0.25) is 5.91 Å². The summed E-state index contributed by atoms with van der Waals surface area (Å²) in [5.74, 6) is 1.14. The lowest BCUT2D eigenvalue weighted by Crippen LogP contribution is -2.35. The molecule has 4 aromatic rings. The molecule has 0 fully saturated rings. The average molecular weight is 553 g/mol. The van der Waals surface area contributed by atoms with Crippen LogP contribution in [0.4, 0.5) is 0 Å². The number of benzene rings is 3. The molecule has 2 unspecified atom stereocenters. The molecule has 4 aliphatic rings. The summed E-state index contributed by atoms with van der Waals surface area (Å²) in [7, 11) is 0. The van der Waals surface area contributed by atoms with Crippen LogP contribution >= 0.6 is 0 Å². The normalized spacial score (nSPS) is 21.7. The molecular formula is C34H28N6O2. The average Bonchev–Trinajstić information content (AvgIpc) is 3.65. The highest BCUT2D eigenvalue weighted by Gasteiger charge is 2.52. The smallest absolute Gasteiger partial charge is 0.253 e. The van der Waals surface area contributed by atoms with Gasteiger partial charge in [-0.3, -0.25) is 19.1 Å². The largest absolute Gasteiger partial charge is 0.324 e. The highest BCUT2D eigenvalue weighted by atomic mass is 16.2. The van der Waals surface area contributed by atoms with E-state index in [9.17, 15) is 9.59 Å². The molecule has 2 atom stereocenters. The number of hydrogen-bond acceptors (Lipinski definition) is 5. The van der Waals surface area contributed by atoms with Crippen molar-refractivity contribution in [3.8, 4) is 5.69 Å². The second-order valence-corrected chi connectivity index (χ2v) is 11.4. The van der Waals surface area contributed by atoms with Gasteiger partial charge >= 0.3 is 0 Å². The molecule has 2 amide bonds. The summed E-state index contributed by atoms with van der Waals surface area (Å²) in [5.41, 5.74) is 7.82. The summed E-state index contributed by atoms with van der Waals surface area (Å²) in [6.45, 7) is 2.01. The van der Waals surface area contributed by atoms with Crippen molar-refractivity contribution in [2.45, 2.75) is 38.8 Å². The first-order chi connectivity index (χ1) is 20.5. The molecule has 0 radical (unpaired) electrons. The van der Waals surface area contributed by atoms with E-state index in [2.05, 4.69) is 32.3 Å². The first-order valence-corrected chi connectivity index (χ1v) is 14.3. The lowest BCUT2D eigenvalue weighted by molar-refractivity contribution is -0.126. The second kappa shape index (κ2) is 9.21. The van der Waals surface area contributed by atoms with Gasteiger partial charge in [0.1, 0.15) is 5.82 Å². The highest BCUT2D eigenvalue weighted by Crippen LogP contribution is 2.49. The van der Waals surface area contributed by atoms with Crippen LogP contribution < -0.4 is 10.6 Å². The number of nitrogens with zero attached hydrogens (tertiary/aromatic N) is 4. The Balaban J connectivity index is 1.15. The molecule has 206 valence electrons. The second-order valence-electron chi connectivity index (χ2n) is 11.4. The van der Waals surface area contributed by atoms with E-state index < -0.39 is 11.6 Å². The van der Waals surface area contributed by atoms with Crippen molar-refractivity contribution in [1.29, 1.82) is 0 Å². The van der Waals surface area contributed by atoms with Crippen molar-refractivity contribution in [1.82, 2.24) is 20.2 Å². The fourth-order valence-corrected chi connectivity index (χ4v) is 6.91. The SMILES string of the molecule is Cc1cnc2n1-c1ccccc1C(c1ccccc1)=NC2NC(=O)c1ccc2c(c1)CC1(C2)C(=O)NC2=C1CCC=N2. The van der Waals surface area contributed by atoms with Crippen molar-refractivity contribution >= 4 is 23.7 Å². The summed E-state index contributed by atoms with van der Waals surface area (Å²) >= 11 is 0. The third-order valence-corrected chi connectivity index (χ3v) is 8.91. The zero-order chi connectivity index (χ0) is 28.4. The van der Waals surface area contributed by atoms with Crippen molar-refractivity contribution in [3.63, 3.8) is 0 Å². The Kier molecular flexibility index (Phi) is 5.41. The van der Waals surface area contributed by atoms with Gasteiger partial charge in [0.15, 0.2) is 12.0 Å². The first-order valence-electron chi connectivity index (χ1n) is 14.3. The Labute approximate surface area is 242 Å². The Bertz CT molecular complexity index is 1900. The summed E-state index contributed by atoms with van der Waals surface area (Å²) in [6, 6.07) is 23.9. The van der Waals surface area contributed by atoms with Gasteiger partial charge < -0.3 is 10.6 Å². The molecule has 1 spiro atoms. The highest BCUT2D eigenvalue weighted by molar-refractivity contribution is 6.15. The lowest BCUT2D eigenvalue weighted by atomic mass is 9.76. The van der Waals surface area contributed by atoms with Gasteiger partial charge in [-0.25, -0.2) is 9.98 Å². The summed E-state index contributed by atoms with van der Waals surface area (Å²) < 4.78 is 2.07. The first kappa shape index (κ1) is 24.7. The van der Waals surface area contributed by atoms with Gasteiger partial charge in [0.25, 0.3) is 5.91 Å². The number of para-hydroxylation sites is 1. The molecule has 0 saturated carbocycles. The predicted molar refractivity (Wildman–Crippen MR) is 160 cm³/mol. The number of carbonyl (C=O) groups excluding carboxylic acids is 2. The number of fused-ring (bicyclic) bond motifs is 5. The maximum Gasteiger partial charge on any atom is 0.253 e. The Morgan fingerprint density at radius 1 is 1.02 bits per heavy atom. The fraction of sp³-hybridized carbons (Fsp3) is 0.206. The number of carbonyl (C=O) groups is 2. The summed E-state index contributed by atoms with van der Waals surface area (Å²) in [4.78, 5) is 41.3. The minimum Gasteiger partial charge on any atom is -0.324 e. The lowest BCUT2D eigenvalue weighted by Gasteiger charge is -2.24. The molecule has 8 nitrogen and oxygen atoms in total. The van der Waals surface area contributed by atoms with Gasteiger partial charge in [-0.2, -0.15) is 0 Å². The van der Waals surface area contributed by atoms with E-state index in [0.717, 1.165) is 57.8 Å². The summed E-state index contributed by atoms with van der Waals surface area (Å²) in [6.07, 6.45) is 5.85. The molecule has 0 bridgehead atoms. The van der Waals surface area contributed by atoms with Crippen LogP contribution in [0, 0.1) is 12.3 Å². The van der Waals surface area contributed by atoms with Crippen LogP contribution in [0.3, 0.4) is 0 Å². The monoisotopic (exact) mass is 552 g/mol. The van der Waals surface area contributed by atoms with E-state index in [4.69, 9.17) is 9.98 Å². The van der Waals surface area contributed by atoms with Crippen LogP contribution in [0.5, 0.6) is 0 Å². The maximum atomic E-state index is 13.8. The number of aliphatic imine (C=N–C) groups is 2. The van der Waals surface area contributed by atoms with Crippen LogP contribution in [0.15, 0.2) is 100 Å².